The Bertz CT molecular complexity index is 477. The highest BCUT2D eigenvalue weighted by molar-refractivity contribution is 4.99. The van der Waals surface area contributed by atoms with Gasteiger partial charge in [0.2, 0.25) is 0 Å². The Morgan fingerprint density at radius 1 is 0.296 bits per heavy atom. The molecule has 0 N–H and O–H groups in total. The summed E-state index contributed by atoms with van der Waals surface area (Å²) in [5, 5.41) is 0. The minimum absolute atomic E-state index is 1.16. The van der Waals surface area contributed by atoms with Crippen molar-refractivity contribution in [3.63, 3.8) is 0 Å². The van der Waals surface area contributed by atoms with Gasteiger partial charge >= 0.3 is 0 Å². The molecule has 6 unspecified atom stereocenters. The van der Waals surface area contributed by atoms with Gasteiger partial charge in [-0.15, -0.1) is 0 Å². The summed E-state index contributed by atoms with van der Waals surface area (Å²) >= 11 is 0. The fourth-order valence-electron chi connectivity index (χ4n) is 10.1. The lowest BCUT2D eigenvalue weighted by Gasteiger charge is -2.41. The molecule has 9 saturated carbocycles. The summed E-state index contributed by atoms with van der Waals surface area (Å²) in [5.74, 6) is 11.9. The molecule has 0 heterocycles. The Morgan fingerprint density at radius 2 is 0.815 bits per heavy atom. The summed E-state index contributed by atoms with van der Waals surface area (Å²) < 4.78 is 0. The van der Waals surface area contributed by atoms with Gasteiger partial charge < -0.3 is 0 Å². The molecule has 0 amide bonds. The van der Waals surface area contributed by atoms with Gasteiger partial charge in [0.15, 0.2) is 0 Å². The van der Waals surface area contributed by atoms with E-state index in [9.17, 15) is 0 Å². The van der Waals surface area contributed by atoms with Crippen LogP contribution >= 0.6 is 0 Å². The van der Waals surface area contributed by atoms with Crippen LogP contribution in [-0.2, 0) is 0 Å². The Kier molecular flexibility index (Phi) is 4.86. The maximum atomic E-state index is 1.62. The molecule has 0 aromatic rings. The molecule has 0 aromatic heterocycles. The third kappa shape index (κ3) is 3.44. The summed E-state index contributed by atoms with van der Waals surface area (Å²) in [4.78, 5) is 0. The van der Waals surface area contributed by atoms with Crippen LogP contribution in [0, 0.1) is 59.2 Å². The van der Waals surface area contributed by atoms with Crippen molar-refractivity contribution in [2.75, 3.05) is 0 Å². The molecule has 152 valence electrons. The van der Waals surface area contributed by atoms with Gasteiger partial charge in [0.25, 0.3) is 0 Å². The topological polar surface area (TPSA) is 0 Å². The summed E-state index contributed by atoms with van der Waals surface area (Å²) in [6, 6.07) is 0. The number of fused-ring (bicyclic) bond motifs is 4. The molecule has 0 spiro atoms. The van der Waals surface area contributed by atoms with Crippen molar-refractivity contribution >= 4 is 0 Å². The van der Waals surface area contributed by atoms with E-state index in [-0.39, 0.29) is 0 Å². The first kappa shape index (κ1) is 17.8. The van der Waals surface area contributed by atoms with Gasteiger partial charge in [0, 0.05) is 0 Å². The van der Waals surface area contributed by atoms with Crippen molar-refractivity contribution < 1.29 is 0 Å². The average molecular weight is 369 g/mol. The van der Waals surface area contributed by atoms with Gasteiger partial charge in [-0.05, 0) is 130 Å². The normalized spacial score (nSPS) is 55.1. The molecular formula is C27H44. The maximum absolute atomic E-state index is 1.62. The van der Waals surface area contributed by atoms with Crippen molar-refractivity contribution in [2.45, 2.75) is 109 Å². The fourth-order valence-corrected chi connectivity index (χ4v) is 10.1. The lowest BCUT2D eigenvalue weighted by molar-refractivity contribution is 0.0886. The van der Waals surface area contributed by atoms with Crippen LogP contribution in [0.1, 0.15) is 109 Å². The molecule has 0 nitrogen and oxygen atoms in total. The molecule has 9 rings (SSSR count). The van der Waals surface area contributed by atoms with E-state index < -0.39 is 0 Å². The van der Waals surface area contributed by atoms with Crippen molar-refractivity contribution in [1.82, 2.24) is 0 Å². The van der Waals surface area contributed by atoms with E-state index in [2.05, 4.69) is 0 Å². The Morgan fingerprint density at radius 3 is 1.26 bits per heavy atom. The Hall–Kier alpha value is 0. The van der Waals surface area contributed by atoms with E-state index in [1.165, 1.54) is 53.8 Å². The number of hydrogen-bond donors (Lipinski definition) is 0. The van der Waals surface area contributed by atoms with Crippen LogP contribution < -0.4 is 0 Å². The summed E-state index contributed by atoms with van der Waals surface area (Å²) in [6.45, 7) is 0. The SMILES string of the molecule is C1CC2C3CCC2CC1C3.C1CC2CC3CC1C2C3.C1CC2CCC(C1)C2. The summed E-state index contributed by atoms with van der Waals surface area (Å²) in [5.41, 5.74) is 0. The first-order valence-corrected chi connectivity index (χ1v) is 13.3. The zero-order valence-electron chi connectivity index (χ0n) is 17.8. The lowest BCUT2D eigenvalue weighted by Crippen LogP contribution is -2.32. The molecular weight excluding hydrogens is 324 g/mol. The molecule has 9 aliphatic carbocycles. The average Bonchev–Trinajstić information content (AvgIpc) is 3.47. The zero-order chi connectivity index (χ0) is 17.8. The van der Waals surface area contributed by atoms with E-state index in [1.807, 2.05) is 0 Å². The summed E-state index contributed by atoms with van der Waals surface area (Å²) in [7, 11) is 0. The third-order valence-electron chi connectivity index (χ3n) is 11.2. The van der Waals surface area contributed by atoms with Crippen LogP contribution in [0.25, 0.3) is 0 Å². The molecule has 0 radical (unpaired) electrons. The molecule has 0 aliphatic heterocycles. The van der Waals surface area contributed by atoms with E-state index in [0.717, 1.165) is 11.8 Å². The molecule has 9 aliphatic rings. The fraction of sp³-hybridized carbons (Fsp3) is 1.00. The van der Waals surface area contributed by atoms with Crippen LogP contribution in [0.4, 0.5) is 0 Å². The predicted molar refractivity (Wildman–Crippen MR) is 113 cm³/mol. The Labute approximate surface area is 168 Å². The lowest BCUT2D eigenvalue weighted by atomic mass is 9.64. The van der Waals surface area contributed by atoms with E-state index in [1.54, 1.807) is 103 Å². The first-order chi connectivity index (χ1) is 13.3. The zero-order valence-corrected chi connectivity index (χ0v) is 17.8. The monoisotopic (exact) mass is 368 g/mol. The van der Waals surface area contributed by atoms with E-state index in [4.69, 9.17) is 0 Å². The molecule has 0 aromatic carbocycles. The van der Waals surface area contributed by atoms with E-state index >= 15 is 0 Å². The third-order valence-corrected chi connectivity index (χ3v) is 11.2. The maximum Gasteiger partial charge on any atom is -0.0355 e. The highest BCUT2D eigenvalue weighted by Crippen LogP contribution is 2.59. The van der Waals surface area contributed by atoms with Crippen LogP contribution in [0.2, 0.25) is 0 Å². The molecule has 27 heavy (non-hydrogen) atoms. The second-order valence-electron chi connectivity index (χ2n) is 12.5. The van der Waals surface area contributed by atoms with Gasteiger partial charge in [-0.25, -0.2) is 0 Å². The highest BCUT2D eigenvalue weighted by Gasteiger charge is 2.49. The van der Waals surface area contributed by atoms with Crippen LogP contribution in [0.3, 0.4) is 0 Å². The molecule has 8 bridgehead atoms. The van der Waals surface area contributed by atoms with Gasteiger partial charge in [0.05, 0.1) is 0 Å². The number of rotatable bonds is 0. The van der Waals surface area contributed by atoms with Gasteiger partial charge in [-0.2, -0.15) is 0 Å². The molecule has 6 atom stereocenters. The minimum Gasteiger partial charge on any atom is -0.0528 e. The predicted octanol–water partition coefficient (Wildman–Crippen LogP) is 7.86. The molecule has 0 saturated heterocycles. The Balaban J connectivity index is 0.0000000819. The number of hydrogen-bond acceptors (Lipinski definition) is 0. The van der Waals surface area contributed by atoms with Crippen LogP contribution in [-0.4, -0.2) is 0 Å². The van der Waals surface area contributed by atoms with Crippen molar-refractivity contribution in [3.8, 4) is 0 Å². The van der Waals surface area contributed by atoms with Gasteiger partial charge in [-0.1, -0.05) is 38.5 Å². The summed E-state index contributed by atoms with van der Waals surface area (Å²) in [6.07, 6.45) is 26.9. The van der Waals surface area contributed by atoms with Gasteiger partial charge in [0.1, 0.15) is 0 Å². The van der Waals surface area contributed by atoms with Crippen molar-refractivity contribution in [1.29, 1.82) is 0 Å². The smallest absolute Gasteiger partial charge is 0.0355 e. The van der Waals surface area contributed by atoms with Crippen molar-refractivity contribution in [3.05, 3.63) is 0 Å². The van der Waals surface area contributed by atoms with Crippen LogP contribution in [0.5, 0.6) is 0 Å². The first-order valence-electron chi connectivity index (χ1n) is 13.3. The van der Waals surface area contributed by atoms with Crippen LogP contribution in [0.15, 0.2) is 0 Å². The highest BCUT2D eigenvalue weighted by atomic mass is 14.5. The minimum atomic E-state index is 1.16. The van der Waals surface area contributed by atoms with E-state index in [0.29, 0.717) is 0 Å². The van der Waals surface area contributed by atoms with Crippen molar-refractivity contribution in [2.24, 2.45) is 59.2 Å². The quantitative estimate of drug-likeness (QED) is 0.408. The second-order valence-corrected chi connectivity index (χ2v) is 12.5. The molecule has 9 fully saturated rings. The second kappa shape index (κ2) is 7.36. The van der Waals surface area contributed by atoms with Gasteiger partial charge in [-0.3, -0.25) is 0 Å². The standard InChI is InChI=1S/C10H16.C9H14.C8H14/c1-4-10-8-2-3-9(10)6-7(1)5-8;1-2-8-4-6-3-7(1)9(8)5-6;1-2-7-4-5-8(3-1)6-7/h7-10H,1-6H2;6-9H,1-5H2;7-8H,1-6H2. The molecule has 0 heteroatoms. The largest absolute Gasteiger partial charge is 0.0528 e.